The van der Waals surface area contributed by atoms with Gasteiger partial charge in [0, 0.05) is 13.0 Å². The first-order valence-electron chi connectivity index (χ1n) is 11.1. The van der Waals surface area contributed by atoms with Gasteiger partial charge in [0.2, 0.25) is 0 Å². The Morgan fingerprint density at radius 2 is 1.00 bits per heavy atom. The molecule has 0 aromatic rings. The molecule has 0 unspecified atom stereocenters. The summed E-state index contributed by atoms with van der Waals surface area (Å²) in [7, 11) is 0. The van der Waals surface area contributed by atoms with Gasteiger partial charge in [0.15, 0.2) is 0 Å². The fourth-order valence-corrected chi connectivity index (χ4v) is 2.82. The molecule has 0 amide bonds. The van der Waals surface area contributed by atoms with Crippen molar-refractivity contribution in [1.29, 1.82) is 0 Å². The van der Waals surface area contributed by atoms with Crippen molar-refractivity contribution in [2.24, 2.45) is 0 Å². The minimum Gasteiger partial charge on any atom is -0.463 e. The van der Waals surface area contributed by atoms with Crippen molar-refractivity contribution >= 4 is 5.97 Å². The molecule has 0 aromatic carbocycles. The molecule has 156 valence electrons. The molecule has 0 bridgehead atoms. The molecule has 0 rings (SSSR count). The molecule has 0 aliphatic heterocycles. The van der Waals surface area contributed by atoms with Crippen molar-refractivity contribution < 1.29 is 19.0 Å². The lowest BCUT2D eigenvalue weighted by Crippen LogP contribution is -2.13. The van der Waals surface area contributed by atoms with Crippen molar-refractivity contribution in [2.45, 2.75) is 104 Å². The number of ether oxygens (including phenoxy) is 3. The summed E-state index contributed by atoms with van der Waals surface area (Å²) in [6.07, 6.45) is 16.8. The van der Waals surface area contributed by atoms with Crippen molar-refractivity contribution in [1.82, 2.24) is 0 Å². The zero-order valence-corrected chi connectivity index (χ0v) is 17.6. The summed E-state index contributed by atoms with van der Waals surface area (Å²) < 4.78 is 16.1. The van der Waals surface area contributed by atoms with E-state index in [2.05, 4.69) is 13.8 Å². The van der Waals surface area contributed by atoms with E-state index in [1.165, 1.54) is 64.2 Å². The first-order chi connectivity index (χ1) is 12.8. The summed E-state index contributed by atoms with van der Waals surface area (Å²) >= 11 is 0. The first-order valence-corrected chi connectivity index (χ1v) is 11.1. The third kappa shape index (κ3) is 21.4. The third-order valence-electron chi connectivity index (χ3n) is 4.49. The average Bonchev–Trinajstić information content (AvgIpc) is 2.64. The fraction of sp³-hybridized carbons (Fsp3) is 0.955. The molecular formula is C22H44O4. The molecule has 0 spiro atoms. The first kappa shape index (κ1) is 25.4. The van der Waals surface area contributed by atoms with Gasteiger partial charge in [0.1, 0.15) is 6.61 Å². The number of rotatable bonds is 21. The van der Waals surface area contributed by atoms with E-state index in [0.717, 1.165) is 25.9 Å². The highest BCUT2D eigenvalue weighted by molar-refractivity contribution is 5.69. The van der Waals surface area contributed by atoms with Crippen LogP contribution in [0.3, 0.4) is 0 Å². The molecule has 26 heavy (non-hydrogen) atoms. The second kappa shape index (κ2) is 22.4. The molecule has 0 fully saturated rings. The summed E-state index contributed by atoms with van der Waals surface area (Å²) in [5, 5.41) is 0. The molecule has 0 saturated carbocycles. The monoisotopic (exact) mass is 372 g/mol. The number of hydrogen-bond acceptors (Lipinski definition) is 4. The maximum atomic E-state index is 11.5. The molecular weight excluding hydrogens is 328 g/mol. The van der Waals surface area contributed by atoms with E-state index in [-0.39, 0.29) is 5.97 Å². The molecule has 0 aliphatic carbocycles. The third-order valence-corrected chi connectivity index (χ3v) is 4.49. The van der Waals surface area contributed by atoms with Crippen molar-refractivity contribution in [3.05, 3.63) is 0 Å². The van der Waals surface area contributed by atoms with Crippen LogP contribution in [0.4, 0.5) is 0 Å². The zero-order chi connectivity index (χ0) is 19.1. The van der Waals surface area contributed by atoms with Gasteiger partial charge in [0.25, 0.3) is 0 Å². The molecule has 0 heterocycles. The topological polar surface area (TPSA) is 44.8 Å². The number of carbonyl (C=O) groups excluding carboxylic acids is 1. The molecule has 0 atom stereocenters. The second-order valence-electron chi connectivity index (χ2n) is 7.08. The Hall–Kier alpha value is -0.610. The number of esters is 1. The fourth-order valence-electron chi connectivity index (χ4n) is 2.82. The van der Waals surface area contributed by atoms with Crippen LogP contribution < -0.4 is 0 Å². The summed E-state index contributed by atoms with van der Waals surface area (Å²) in [4.78, 5) is 11.5. The molecule has 0 aliphatic rings. The van der Waals surface area contributed by atoms with Crippen molar-refractivity contribution in [3.8, 4) is 0 Å². The smallest absolute Gasteiger partial charge is 0.305 e. The lowest BCUT2D eigenvalue weighted by Gasteiger charge is -2.07. The summed E-state index contributed by atoms with van der Waals surface area (Å²) in [6, 6.07) is 0. The predicted octanol–water partition coefficient (Wildman–Crippen LogP) is 6.06. The van der Waals surface area contributed by atoms with Crippen LogP contribution in [-0.4, -0.2) is 39.0 Å². The van der Waals surface area contributed by atoms with Crippen LogP contribution in [0.2, 0.25) is 0 Å². The van der Waals surface area contributed by atoms with E-state index in [4.69, 9.17) is 14.2 Å². The predicted molar refractivity (Wildman–Crippen MR) is 109 cm³/mol. The molecule has 0 saturated heterocycles. The molecule has 4 nitrogen and oxygen atoms in total. The van der Waals surface area contributed by atoms with E-state index in [0.29, 0.717) is 32.8 Å². The highest BCUT2D eigenvalue weighted by atomic mass is 16.6. The number of unbranched alkanes of at least 4 members (excludes halogenated alkanes) is 11. The van der Waals surface area contributed by atoms with Gasteiger partial charge in [0.05, 0.1) is 19.8 Å². The van der Waals surface area contributed by atoms with Crippen LogP contribution in [0, 0.1) is 0 Å². The molecule has 0 radical (unpaired) electrons. The van der Waals surface area contributed by atoms with Crippen molar-refractivity contribution in [3.63, 3.8) is 0 Å². The highest BCUT2D eigenvalue weighted by Gasteiger charge is 2.02. The van der Waals surface area contributed by atoms with Crippen LogP contribution in [0.15, 0.2) is 0 Å². The van der Waals surface area contributed by atoms with E-state index in [1.54, 1.807) is 0 Å². The van der Waals surface area contributed by atoms with E-state index < -0.39 is 0 Å². The van der Waals surface area contributed by atoms with Crippen molar-refractivity contribution in [2.75, 3.05) is 33.0 Å². The Morgan fingerprint density at radius 3 is 1.62 bits per heavy atom. The van der Waals surface area contributed by atoms with Crippen LogP contribution in [0.5, 0.6) is 0 Å². The minimum atomic E-state index is -0.101. The average molecular weight is 373 g/mol. The lowest BCUT2D eigenvalue weighted by molar-refractivity contribution is -0.145. The highest BCUT2D eigenvalue weighted by Crippen LogP contribution is 2.08. The van der Waals surface area contributed by atoms with Crippen LogP contribution in [-0.2, 0) is 19.0 Å². The molecule has 0 N–H and O–H groups in total. The standard InChI is InChI=1S/C22H44O4/c1-3-5-7-9-10-11-13-15-17-24-18-19-25-20-21-26-22(23)16-14-12-8-6-4-2/h3-21H2,1-2H3. The van der Waals surface area contributed by atoms with Gasteiger partial charge in [-0.15, -0.1) is 0 Å². The summed E-state index contributed by atoms with van der Waals surface area (Å²) in [6.45, 7) is 7.28. The zero-order valence-electron chi connectivity index (χ0n) is 17.6. The van der Waals surface area contributed by atoms with E-state index >= 15 is 0 Å². The van der Waals surface area contributed by atoms with Gasteiger partial charge < -0.3 is 14.2 Å². The van der Waals surface area contributed by atoms with Gasteiger partial charge in [-0.2, -0.15) is 0 Å². The normalized spacial score (nSPS) is 11.0. The SMILES string of the molecule is CCCCCCCCCCOCCOCCOC(=O)CCCCCCC. The Morgan fingerprint density at radius 1 is 0.538 bits per heavy atom. The maximum Gasteiger partial charge on any atom is 0.305 e. The quantitative estimate of drug-likeness (QED) is 0.181. The Balaban J connectivity index is 3.09. The summed E-state index contributed by atoms with van der Waals surface area (Å²) in [5.74, 6) is -0.101. The van der Waals surface area contributed by atoms with E-state index in [1.807, 2.05) is 0 Å². The van der Waals surface area contributed by atoms with Gasteiger partial charge in [-0.25, -0.2) is 0 Å². The van der Waals surface area contributed by atoms with Crippen LogP contribution >= 0.6 is 0 Å². The van der Waals surface area contributed by atoms with Gasteiger partial charge >= 0.3 is 5.97 Å². The van der Waals surface area contributed by atoms with Gasteiger partial charge in [-0.05, 0) is 12.8 Å². The van der Waals surface area contributed by atoms with Crippen LogP contribution in [0.1, 0.15) is 104 Å². The van der Waals surface area contributed by atoms with Crippen LogP contribution in [0.25, 0.3) is 0 Å². The van der Waals surface area contributed by atoms with E-state index in [9.17, 15) is 4.79 Å². The Bertz CT molecular complexity index is 281. The maximum absolute atomic E-state index is 11.5. The number of carbonyl (C=O) groups is 1. The van der Waals surface area contributed by atoms with Gasteiger partial charge in [-0.1, -0.05) is 84.5 Å². The number of hydrogen-bond donors (Lipinski definition) is 0. The van der Waals surface area contributed by atoms with Gasteiger partial charge in [-0.3, -0.25) is 4.79 Å². The molecule has 0 aromatic heterocycles. The summed E-state index contributed by atoms with van der Waals surface area (Å²) in [5.41, 5.74) is 0. The Kier molecular flexibility index (Phi) is 21.9. The molecule has 4 heteroatoms. The largest absolute Gasteiger partial charge is 0.463 e. The Labute approximate surface area is 162 Å². The second-order valence-corrected chi connectivity index (χ2v) is 7.08. The minimum absolute atomic E-state index is 0.101. The lowest BCUT2D eigenvalue weighted by atomic mass is 10.1.